The van der Waals surface area contributed by atoms with Gasteiger partial charge in [0.2, 0.25) is 5.91 Å². The van der Waals surface area contributed by atoms with Crippen LogP contribution < -0.4 is 10.6 Å². The number of rotatable bonds is 5. The summed E-state index contributed by atoms with van der Waals surface area (Å²) in [6.07, 6.45) is 1.19. The maximum Gasteiger partial charge on any atom is 0.408 e. The Labute approximate surface area is 154 Å². The van der Waals surface area contributed by atoms with Crippen molar-refractivity contribution < 1.29 is 14.3 Å². The Bertz CT molecular complexity index is 754. The zero-order valence-corrected chi connectivity index (χ0v) is 15.6. The number of ether oxygens (including phenoxy) is 1. The van der Waals surface area contributed by atoms with E-state index >= 15 is 0 Å². The second-order valence-electron chi connectivity index (χ2n) is 7.00. The minimum atomic E-state index is -0.611. The predicted molar refractivity (Wildman–Crippen MR) is 101 cm³/mol. The van der Waals surface area contributed by atoms with Crippen molar-refractivity contribution in [2.24, 2.45) is 0 Å². The molecule has 0 aliphatic rings. The number of nitrogens with one attached hydrogen (secondary N) is 2. The number of nitrogens with zero attached hydrogens (tertiary/aromatic N) is 1. The molecule has 6 heteroatoms. The third-order valence-electron chi connectivity index (χ3n) is 3.56. The molecule has 2 amide bonds. The molecule has 2 aromatic rings. The Morgan fingerprint density at radius 1 is 1.12 bits per heavy atom. The molecule has 2 rings (SSSR count). The van der Waals surface area contributed by atoms with Crippen LogP contribution >= 0.6 is 0 Å². The van der Waals surface area contributed by atoms with Crippen LogP contribution in [0.1, 0.15) is 44.5 Å². The summed E-state index contributed by atoms with van der Waals surface area (Å²) in [7, 11) is 0. The number of hydrogen-bond acceptors (Lipinski definition) is 4. The number of alkyl carbamates (subject to hydrolysis) is 1. The molecule has 0 bridgehead atoms. The number of aromatic nitrogens is 1. The van der Waals surface area contributed by atoms with E-state index in [-0.39, 0.29) is 12.3 Å². The van der Waals surface area contributed by atoms with Crippen LogP contribution in [0, 0.1) is 6.92 Å². The summed E-state index contributed by atoms with van der Waals surface area (Å²) < 4.78 is 5.32. The van der Waals surface area contributed by atoms with Crippen LogP contribution in [0.4, 0.5) is 10.5 Å². The van der Waals surface area contributed by atoms with Crippen LogP contribution in [-0.4, -0.2) is 22.6 Å². The normalized spacial score (nSPS) is 12.2. The number of carbonyl (C=O) groups is 2. The number of benzene rings is 1. The van der Waals surface area contributed by atoms with E-state index in [0.717, 1.165) is 11.3 Å². The molecular weight excluding hydrogens is 330 g/mol. The van der Waals surface area contributed by atoms with E-state index in [1.165, 1.54) is 0 Å². The lowest BCUT2D eigenvalue weighted by Gasteiger charge is -2.24. The first-order valence-electron chi connectivity index (χ1n) is 8.50. The summed E-state index contributed by atoms with van der Waals surface area (Å²) in [5, 5.41) is 5.62. The average Bonchev–Trinajstić information content (AvgIpc) is 2.55. The third-order valence-corrected chi connectivity index (χ3v) is 3.56. The Hall–Kier alpha value is -2.89. The van der Waals surface area contributed by atoms with Gasteiger partial charge in [0.15, 0.2) is 0 Å². The fraction of sp³-hybridized carbons (Fsp3) is 0.350. The molecule has 1 atom stereocenters. The van der Waals surface area contributed by atoms with Gasteiger partial charge in [-0.2, -0.15) is 0 Å². The first kappa shape index (κ1) is 19.4. The lowest BCUT2D eigenvalue weighted by atomic mass is 10.0. The van der Waals surface area contributed by atoms with Crippen LogP contribution in [0.3, 0.4) is 0 Å². The topological polar surface area (TPSA) is 80.3 Å². The Balaban J connectivity index is 2.10. The standard InChI is InChI=1S/C20H25N3O3/c1-14-16(11-8-12-21-14)22-18(24)13-17(15-9-6-5-7-10-15)23-19(25)26-20(2,3)4/h5-12,17H,13H2,1-4H3,(H,22,24)(H,23,25)/t17-/m0/s1. The van der Waals surface area contributed by atoms with Gasteiger partial charge >= 0.3 is 6.09 Å². The maximum absolute atomic E-state index is 12.5. The quantitative estimate of drug-likeness (QED) is 0.850. The molecule has 6 nitrogen and oxygen atoms in total. The van der Waals surface area contributed by atoms with E-state index in [1.807, 2.05) is 37.3 Å². The minimum Gasteiger partial charge on any atom is -0.444 e. The van der Waals surface area contributed by atoms with E-state index < -0.39 is 17.7 Å². The summed E-state index contributed by atoms with van der Waals surface area (Å²) in [5.74, 6) is -0.217. The van der Waals surface area contributed by atoms with Gasteiger partial charge in [-0.05, 0) is 45.4 Å². The van der Waals surface area contributed by atoms with Crippen LogP contribution in [0.2, 0.25) is 0 Å². The number of hydrogen-bond donors (Lipinski definition) is 2. The molecular formula is C20H25N3O3. The first-order chi connectivity index (χ1) is 12.2. The molecule has 0 unspecified atom stereocenters. The lowest BCUT2D eigenvalue weighted by Crippen LogP contribution is -2.36. The van der Waals surface area contributed by atoms with Gasteiger partial charge < -0.3 is 15.4 Å². The molecule has 1 aromatic carbocycles. The zero-order valence-electron chi connectivity index (χ0n) is 15.6. The van der Waals surface area contributed by atoms with Crippen LogP contribution in [-0.2, 0) is 9.53 Å². The van der Waals surface area contributed by atoms with E-state index in [4.69, 9.17) is 4.74 Å². The van der Waals surface area contributed by atoms with Crippen molar-refractivity contribution >= 4 is 17.7 Å². The highest BCUT2D eigenvalue weighted by Crippen LogP contribution is 2.19. The largest absolute Gasteiger partial charge is 0.444 e. The van der Waals surface area contributed by atoms with E-state index in [1.54, 1.807) is 39.1 Å². The molecule has 0 radical (unpaired) electrons. The van der Waals surface area contributed by atoms with Crippen molar-refractivity contribution in [2.75, 3.05) is 5.32 Å². The second kappa shape index (κ2) is 8.47. The van der Waals surface area contributed by atoms with Gasteiger partial charge in [-0.15, -0.1) is 0 Å². The maximum atomic E-state index is 12.5. The van der Waals surface area contributed by atoms with Crippen molar-refractivity contribution in [1.82, 2.24) is 10.3 Å². The number of amides is 2. The second-order valence-corrected chi connectivity index (χ2v) is 7.00. The highest BCUT2D eigenvalue weighted by molar-refractivity contribution is 5.92. The molecule has 0 aliphatic carbocycles. The molecule has 0 saturated heterocycles. The molecule has 0 aliphatic heterocycles. The third kappa shape index (κ3) is 6.20. The first-order valence-corrected chi connectivity index (χ1v) is 8.50. The molecule has 1 heterocycles. The number of carbonyl (C=O) groups excluding carboxylic acids is 2. The average molecular weight is 355 g/mol. The summed E-state index contributed by atoms with van der Waals surface area (Å²) in [6.45, 7) is 7.20. The van der Waals surface area contributed by atoms with Crippen molar-refractivity contribution in [1.29, 1.82) is 0 Å². The van der Waals surface area contributed by atoms with Crippen molar-refractivity contribution in [3.63, 3.8) is 0 Å². The summed E-state index contributed by atoms with van der Waals surface area (Å²) in [6, 6.07) is 12.4. The van der Waals surface area contributed by atoms with Gasteiger partial charge in [-0.25, -0.2) is 4.79 Å². The Kier molecular flexibility index (Phi) is 6.33. The lowest BCUT2D eigenvalue weighted by molar-refractivity contribution is -0.116. The Morgan fingerprint density at radius 3 is 2.42 bits per heavy atom. The molecule has 138 valence electrons. The summed E-state index contributed by atoms with van der Waals surface area (Å²) in [5.41, 5.74) is 1.61. The van der Waals surface area contributed by atoms with Crippen LogP contribution in [0.5, 0.6) is 0 Å². The molecule has 26 heavy (non-hydrogen) atoms. The van der Waals surface area contributed by atoms with Crippen molar-refractivity contribution in [3.8, 4) is 0 Å². The number of pyridine rings is 1. The van der Waals surface area contributed by atoms with Gasteiger partial charge in [0, 0.05) is 6.20 Å². The van der Waals surface area contributed by atoms with Crippen LogP contribution in [0.25, 0.3) is 0 Å². The van der Waals surface area contributed by atoms with Crippen molar-refractivity contribution in [3.05, 3.63) is 59.9 Å². The monoisotopic (exact) mass is 355 g/mol. The fourth-order valence-corrected chi connectivity index (χ4v) is 2.39. The zero-order chi connectivity index (χ0) is 19.2. The molecule has 1 aromatic heterocycles. The highest BCUT2D eigenvalue weighted by atomic mass is 16.6. The SMILES string of the molecule is Cc1ncccc1NC(=O)C[C@H](NC(=O)OC(C)(C)C)c1ccccc1. The fourth-order valence-electron chi connectivity index (χ4n) is 2.39. The molecule has 0 spiro atoms. The van der Waals surface area contributed by atoms with Crippen LogP contribution in [0.15, 0.2) is 48.7 Å². The smallest absolute Gasteiger partial charge is 0.408 e. The van der Waals surface area contributed by atoms with Crippen molar-refractivity contribution in [2.45, 2.75) is 45.8 Å². The molecule has 2 N–H and O–H groups in total. The number of aryl methyl sites for hydroxylation is 1. The minimum absolute atomic E-state index is 0.0809. The van der Waals surface area contributed by atoms with Gasteiger partial charge in [-0.1, -0.05) is 30.3 Å². The summed E-state index contributed by atoms with van der Waals surface area (Å²) >= 11 is 0. The highest BCUT2D eigenvalue weighted by Gasteiger charge is 2.22. The van der Waals surface area contributed by atoms with E-state index in [0.29, 0.717) is 5.69 Å². The summed E-state index contributed by atoms with van der Waals surface area (Å²) in [4.78, 5) is 28.8. The molecule has 0 fully saturated rings. The van der Waals surface area contributed by atoms with E-state index in [9.17, 15) is 9.59 Å². The predicted octanol–water partition coefficient (Wildman–Crippen LogP) is 3.98. The number of anilines is 1. The van der Waals surface area contributed by atoms with E-state index in [2.05, 4.69) is 15.6 Å². The van der Waals surface area contributed by atoms with Gasteiger partial charge in [0.25, 0.3) is 0 Å². The Morgan fingerprint density at radius 2 is 1.81 bits per heavy atom. The van der Waals surface area contributed by atoms with Gasteiger partial charge in [0.1, 0.15) is 5.60 Å². The van der Waals surface area contributed by atoms with Gasteiger partial charge in [-0.3, -0.25) is 9.78 Å². The van der Waals surface area contributed by atoms with Gasteiger partial charge in [0.05, 0.1) is 23.8 Å². The molecule has 0 saturated carbocycles.